The maximum Gasteiger partial charge on any atom is 0.341 e. The van der Waals surface area contributed by atoms with E-state index < -0.39 is 0 Å². The van der Waals surface area contributed by atoms with Crippen molar-refractivity contribution in [1.29, 1.82) is 0 Å². The molecule has 2 saturated heterocycles. The van der Waals surface area contributed by atoms with E-state index in [0.29, 0.717) is 29.7 Å². The Hall–Kier alpha value is -1.53. The average Bonchev–Trinajstić information content (AvgIpc) is 2.94. The Morgan fingerprint density at radius 2 is 2.43 bits per heavy atom. The molecule has 0 amide bonds. The molecular weight excluding hydrogens is 270 g/mol. The second-order valence-electron chi connectivity index (χ2n) is 5.56. The first kappa shape index (κ1) is 14.4. The van der Waals surface area contributed by atoms with Crippen molar-refractivity contribution in [3.05, 3.63) is 23.3 Å². The molecule has 0 aromatic carbocycles. The lowest BCUT2D eigenvalue weighted by Crippen LogP contribution is -2.42. The summed E-state index contributed by atoms with van der Waals surface area (Å²) in [6.07, 6.45) is 3.90. The van der Waals surface area contributed by atoms with E-state index in [2.05, 4.69) is 14.9 Å². The maximum absolute atomic E-state index is 11.8. The second-order valence-corrected chi connectivity index (χ2v) is 5.56. The normalized spacial score (nSPS) is 25.6. The van der Waals surface area contributed by atoms with Gasteiger partial charge in [-0.05, 0) is 33.2 Å². The van der Waals surface area contributed by atoms with Crippen molar-refractivity contribution in [2.45, 2.75) is 38.8 Å². The molecule has 2 aliphatic rings. The van der Waals surface area contributed by atoms with Gasteiger partial charge in [0.05, 0.1) is 24.5 Å². The van der Waals surface area contributed by atoms with Crippen molar-refractivity contribution < 1.29 is 14.3 Å². The third kappa shape index (κ3) is 2.91. The summed E-state index contributed by atoms with van der Waals surface area (Å²) < 4.78 is 10.9. The Morgan fingerprint density at radius 1 is 1.57 bits per heavy atom. The second kappa shape index (κ2) is 6.07. The maximum atomic E-state index is 11.8. The fraction of sp³-hybridized carbons (Fsp3) is 0.667. The van der Waals surface area contributed by atoms with E-state index in [0.717, 1.165) is 19.7 Å². The van der Waals surface area contributed by atoms with E-state index in [1.807, 2.05) is 0 Å². The number of morpholine rings is 1. The zero-order valence-electron chi connectivity index (χ0n) is 12.5. The van der Waals surface area contributed by atoms with Gasteiger partial charge in [-0.15, -0.1) is 0 Å². The third-order valence-corrected chi connectivity index (χ3v) is 4.17. The van der Waals surface area contributed by atoms with Crippen molar-refractivity contribution in [1.82, 2.24) is 14.9 Å². The average molecular weight is 291 g/mol. The Labute approximate surface area is 124 Å². The lowest BCUT2D eigenvalue weighted by Gasteiger charge is -2.34. The predicted molar refractivity (Wildman–Crippen MR) is 76.0 cm³/mol. The molecule has 0 saturated carbocycles. The number of rotatable bonds is 3. The first-order chi connectivity index (χ1) is 10.2. The van der Waals surface area contributed by atoms with Gasteiger partial charge in [0, 0.05) is 18.8 Å². The molecule has 0 spiro atoms. The number of carbonyl (C=O) groups excluding carboxylic acids is 1. The summed E-state index contributed by atoms with van der Waals surface area (Å²) in [7, 11) is 0. The quantitative estimate of drug-likeness (QED) is 0.786. The van der Waals surface area contributed by atoms with Gasteiger partial charge in [-0.1, -0.05) is 0 Å². The first-order valence-corrected chi connectivity index (χ1v) is 7.55. The molecule has 0 radical (unpaired) electrons. The number of esters is 1. The lowest BCUT2D eigenvalue weighted by atomic mass is 10.1. The van der Waals surface area contributed by atoms with E-state index >= 15 is 0 Å². The molecule has 21 heavy (non-hydrogen) atoms. The number of carbonyl (C=O) groups is 1. The molecule has 6 heteroatoms. The lowest BCUT2D eigenvalue weighted by molar-refractivity contribution is -0.0542. The van der Waals surface area contributed by atoms with Crippen LogP contribution in [0.5, 0.6) is 0 Å². The summed E-state index contributed by atoms with van der Waals surface area (Å²) in [4.78, 5) is 23.0. The van der Waals surface area contributed by atoms with Crippen molar-refractivity contribution in [2.24, 2.45) is 0 Å². The highest BCUT2D eigenvalue weighted by molar-refractivity contribution is 5.90. The van der Waals surface area contributed by atoms with Crippen LogP contribution < -0.4 is 0 Å². The van der Waals surface area contributed by atoms with Crippen molar-refractivity contribution in [2.75, 3.05) is 26.3 Å². The van der Waals surface area contributed by atoms with Crippen molar-refractivity contribution in [3.63, 3.8) is 0 Å². The summed E-state index contributed by atoms with van der Waals surface area (Å²) in [5.41, 5.74) is 1.07. The highest BCUT2D eigenvalue weighted by Gasteiger charge is 2.34. The molecule has 0 N–H and O–H groups in total. The van der Waals surface area contributed by atoms with Crippen LogP contribution in [0.3, 0.4) is 0 Å². The standard InChI is InChI=1S/C15H21N3O3/c1-3-20-15(19)12-7-16-14(17-10(12)2)13-8-18-6-4-5-11(18)9-21-13/h7,11,13H,3-6,8-9H2,1-2H3. The van der Waals surface area contributed by atoms with Gasteiger partial charge in [-0.25, -0.2) is 14.8 Å². The molecule has 1 aromatic heterocycles. The van der Waals surface area contributed by atoms with E-state index in [1.54, 1.807) is 20.0 Å². The topological polar surface area (TPSA) is 64.5 Å². The smallest absolute Gasteiger partial charge is 0.341 e. The minimum absolute atomic E-state index is 0.103. The molecule has 3 heterocycles. The van der Waals surface area contributed by atoms with Crippen LogP contribution in [0, 0.1) is 6.92 Å². The fourth-order valence-corrected chi connectivity index (χ4v) is 3.02. The van der Waals surface area contributed by atoms with Gasteiger partial charge in [-0.3, -0.25) is 4.90 Å². The predicted octanol–water partition coefficient (Wildman–Crippen LogP) is 1.50. The molecule has 2 aliphatic heterocycles. The molecule has 2 unspecified atom stereocenters. The molecule has 0 aliphatic carbocycles. The summed E-state index contributed by atoms with van der Waals surface area (Å²) >= 11 is 0. The SMILES string of the molecule is CCOC(=O)c1cnc(C2CN3CCCC3CO2)nc1C. The molecule has 3 rings (SSSR count). The van der Waals surface area contributed by atoms with Gasteiger partial charge in [0.1, 0.15) is 6.10 Å². The Balaban J connectivity index is 1.74. The van der Waals surface area contributed by atoms with Crippen LogP contribution in [-0.4, -0.2) is 53.2 Å². The molecule has 1 aromatic rings. The largest absolute Gasteiger partial charge is 0.462 e. The molecule has 2 atom stereocenters. The Morgan fingerprint density at radius 3 is 3.19 bits per heavy atom. The van der Waals surface area contributed by atoms with E-state index in [9.17, 15) is 4.79 Å². The number of ether oxygens (including phenoxy) is 2. The van der Waals surface area contributed by atoms with Crippen LogP contribution in [0.15, 0.2) is 6.20 Å². The number of fused-ring (bicyclic) bond motifs is 1. The van der Waals surface area contributed by atoms with Crippen LogP contribution in [0.4, 0.5) is 0 Å². The van der Waals surface area contributed by atoms with Crippen LogP contribution in [0.1, 0.15) is 47.7 Å². The number of aromatic nitrogens is 2. The van der Waals surface area contributed by atoms with Crippen LogP contribution in [0.25, 0.3) is 0 Å². The van der Waals surface area contributed by atoms with Crippen LogP contribution in [-0.2, 0) is 9.47 Å². The summed E-state index contributed by atoms with van der Waals surface area (Å²) in [6, 6.07) is 0.557. The number of aryl methyl sites for hydroxylation is 1. The number of hydrogen-bond donors (Lipinski definition) is 0. The van der Waals surface area contributed by atoms with Gasteiger partial charge in [0.25, 0.3) is 0 Å². The monoisotopic (exact) mass is 291 g/mol. The zero-order chi connectivity index (χ0) is 14.8. The van der Waals surface area contributed by atoms with E-state index in [1.165, 1.54) is 12.8 Å². The molecule has 2 fully saturated rings. The first-order valence-electron chi connectivity index (χ1n) is 7.55. The summed E-state index contributed by atoms with van der Waals surface area (Å²) in [5.74, 6) is 0.289. The van der Waals surface area contributed by atoms with Crippen molar-refractivity contribution >= 4 is 5.97 Å². The zero-order valence-corrected chi connectivity index (χ0v) is 12.5. The minimum Gasteiger partial charge on any atom is -0.462 e. The Kier molecular flexibility index (Phi) is 4.17. The van der Waals surface area contributed by atoms with E-state index in [4.69, 9.17) is 9.47 Å². The molecule has 6 nitrogen and oxygen atoms in total. The summed E-state index contributed by atoms with van der Waals surface area (Å²) in [6.45, 7) is 6.64. The molecule has 114 valence electrons. The minimum atomic E-state index is -0.370. The Bertz CT molecular complexity index is 535. The van der Waals surface area contributed by atoms with Gasteiger partial charge in [0.2, 0.25) is 0 Å². The highest BCUT2D eigenvalue weighted by Crippen LogP contribution is 2.28. The number of nitrogens with zero attached hydrogens (tertiary/aromatic N) is 3. The highest BCUT2D eigenvalue weighted by atomic mass is 16.5. The molecule has 0 bridgehead atoms. The van der Waals surface area contributed by atoms with Crippen LogP contribution >= 0.6 is 0 Å². The van der Waals surface area contributed by atoms with E-state index in [-0.39, 0.29) is 12.1 Å². The van der Waals surface area contributed by atoms with Crippen molar-refractivity contribution in [3.8, 4) is 0 Å². The summed E-state index contributed by atoms with van der Waals surface area (Å²) in [5, 5.41) is 0. The van der Waals surface area contributed by atoms with Gasteiger partial charge in [-0.2, -0.15) is 0 Å². The third-order valence-electron chi connectivity index (χ3n) is 4.17. The fourth-order valence-electron chi connectivity index (χ4n) is 3.02. The molecular formula is C15H21N3O3. The number of hydrogen-bond acceptors (Lipinski definition) is 6. The van der Waals surface area contributed by atoms with Gasteiger partial charge < -0.3 is 9.47 Å². The van der Waals surface area contributed by atoms with Crippen LogP contribution in [0.2, 0.25) is 0 Å². The van der Waals surface area contributed by atoms with Gasteiger partial charge >= 0.3 is 5.97 Å². The van der Waals surface area contributed by atoms with Gasteiger partial charge in [0.15, 0.2) is 5.82 Å².